The lowest BCUT2D eigenvalue weighted by Crippen LogP contribution is -2.63. The van der Waals surface area contributed by atoms with Crippen LogP contribution in [0.2, 0.25) is 0 Å². The largest absolute Gasteiger partial charge is 0.418 e. The number of alkyl halides is 3. The van der Waals surface area contributed by atoms with Gasteiger partial charge < -0.3 is 20.0 Å². The molecule has 3 heterocycles. The molecule has 2 fully saturated rings. The number of nitrogens with zero attached hydrogens (tertiary/aromatic N) is 3. The van der Waals surface area contributed by atoms with E-state index in [1.54, 1.807) is 12.3 Å². The number of halogens is 3. The summed E-state index contributed by atoms with van der Waals surface area (Å²) in [7, 11) is 1.99. The molecule has 1 aromatic carbocycles. The Bertz CT molecular complexity index is 1000. The second-order valence-electron chi connectivity index (χ2n) is 10.4. The molecule has 2 aromatic rings. The highest BCUT2D eigenvalue weighted by atomic mass is 19.4. The summed E-state index contributed by atoms with van der Waals surface area (Å²) in [5, 5.41) is 22.4. The molecular weight excluding hydrogens is 431 g/mol. The second-order valence-corrected chi connectivity index (χ2v) is 10.4. The number of rotatable bonds is 5. The second kappa shape index (κ2) is 7.96. The third kappa shape index (κ3) is 3.92. The van der Waals surface area contributed by atoms with Gasteiger partial charge in [0.15, 0.2) is 5.60 Å². The molecule has 2 N–H and O–H groups in total. The van der Waals surface area contributed by atoms with Crippen LogP contribution in [-0.2, 0) is 5.60 Å². The van der Waals surface area contributed by atoms with E-state index in [4.69, 9.17) is 0 Å². The van der Waals surface area contributed by atoms with Crippen molar-refractivity contribution in [3.8, 4) is 0 Å². The van der Waals surface area contributed by atoms with Gasteiger partial charge in [-0.15, -0.1) is 0 Å². The molecule has 2 aliphatic heterocycles. The summed E-state index contributed by atoms with van der Waals surface area (Å²) in [6.07, 6.45) is -2.02. The molecule has 33 heavy (non-hydrogen) atoms. The number of aliphatic hydroxyl groups is 2. The Kier molecular flexibility index (Phi) is 5.78. The molecule has 8 heteroatoms. The van der Waals surface area contributed by atoms with Gasteiger partial charge in [-0.05, 0) is 30.2 Å². The first kappa shape index (κ1) is 24.0. The quantitative estimate of drug-likeness (QED) is 0.705. The zero-order chi connectivity index (χ0) is 24.2. The monoisotopic (exact) mass is 463 g/mol. The van der Waals surface area contributed by atoms with Crippen molar-refractivity contribution in [3.63, 3.8) is 0 Å². The van der Waals surface area contributed by atoms with Crippen LogP contribution in [0.3, 0.4) is 0 Å². The normalized spacial score (nSPS) is 25.2. The van der Waals surface area contributed by atoms with E-state index in [9.17, 15) is 23.4 Å². The van der Waals surface area contributed by atoms with Crippen molar-refractivity contribution in [2.75, 3.05) is 38.1 Å². The minimum atomic E-state index is -4.70. The Hall–Kier alpha value is -2.16. The molecule has 0 saturated carbocycles. The fourth-order valence-corrected chi connectivity index (χ4v) is 5.39. The first-order valence-electron chi connectivity index (χ1n) is 11.3. The number of benzene rings is 1. The number of anilines is 1. The van der Waals surface area contributed by atoms with Crippen molar-refractivity contribution in [1.82, 2.24) is 9.88 Å². The molecule has 0 radical (unpaired) electrons. The van der Waals surface area contributed by atoms with Crippen LogP contribution in [0.4, 0.5) is 18.9 Å². The maximum Gasteiger partial charge on any atom is 0.418 e. The number of pyridine rings is 1. The number of β-amino-alcohol motifs (C(OH)–C–C–N with tert-alkyl or cyclic N) is 1. The number of hydrogen-bond donors (Lipinski definition) is 2. The van der Waals surface area contributed by atoms with Crippen LogP contribution in [0.5, 0.6) is 0 Å². The van der Waals surface area contributed by atoms with Crippen LogP contribution in [0.1, 0.15) is 49.8 Å². The van der Waals surface area contributed by atoms with Gasteiger partial charge in [-0.1, -0.05) is 45.0 Å². The van der Waals surface area contributed by atoms with E-state index in [0.717, 1.165) is 11.1 Å². The molecule has 0 amide bonds. The zero-order valence-corrected chi connectivity index (χ0v) is 19.5. The van der Waals surface area contributed by atoms with Gasteiger partial charge in [0.25, 0.3) is 0 Å². The predicted octanol–water partition coefficient (Wildman–Crippen LogP) is 3.90. The maximum atomic E-state index is 13.3. The Labute approximate surface area is 192 Å². The molecule has 4 rings (SSSR count). The van der Waals surface area contributed by atoms with Crippen LogP contribution in [0.15, 0.2) is 42.7 Å². The lowest BCUT2D eigenvalue weighted by Gasteiger charge is -2.56. The molecule has 2 saturated heterocycles. The van der Waals surface area contributed by atoms with Crippen LogP contribution >= 0.6 is 0 Å². The molecule has 5 nitrogen and oxygen atoms in total. The van der Waals surface area contributed by atoms with Gasteiger partial charge >= 0.3 is 6.18 Å². The smallest absolute Gasteiger partial charge is 0.380 e. The van der Waals surface area contributed by atoms with E-state index in [2.05, 4.69) is 23.7 Å². The fraction of sp³-hybridized carbons (Fsp3) is 0.560. The first-order chi connectivity index (χ1) is 15.3. The van der Waals surface area contributed by atoms with E-state index in [-0.39, 0.29) is 6.54 Å². The van der Waals surface area contributed by atoms with Gasteiger partial charge in [-0.25, -0.2) is 0 Å². The van der Waals surface area contributed by atoms with E-state index >= 15 is 0 Å². The Morgan fingerprint density at radius 1 is 1.03 bits per heavy atom. The summed E-state index contributed by atoms with van der Waals surface area (Å²) in [6.45, 7) is 7.07. The van der Waals surface area contributed by atoms with Crippen molar-refractivity contribution in [3.05, 3.63) is 59.4 Å². The highest BCUT2D eigenvalue weighted by molar-refractivity contribution is 5.52. The lowest BCUT2D eigenvalue weighted by atomic mass is 9.62. The van der Waals surface area contributed by atoms with Crippen molar-refractivity contribution >= 4 is 5.69 Å². The van der Waals surface area contributed by atoms with Crippen molar-refractivity contribution in [2.24, 2.45) is 5.41 Å². The third-order valence-electron chi connectivity index (χ3n) is 7.39. The van der Waals surface area contributed by atoms with Crippen LogP contribution in [0.25, 0.3) is 0 Å². The highest BCUT2D eigenvalue weighted by Crippen LogP contribution is 2.50. The molecule has 180 valence electrons. The zero-order valence-electron chi connectivity index (χ0n) is 19.5. The third-order valence-corrected chi connectivity index (χ3v) is 7.39. The van der Waals surface area contributed by atoms with Crippen LogP contribution < -0.4 is 4.90 Å². The van der Waals surface area contributed by atoms with Gasteiger partial charge in [0.1, 0.15) is 5.60 Å². The topological polar surface area (TPSA) is 59.8 Å². The van der Waals surface area contributed by atoms with Gasteiger partial charge in [0.05, 0.1) is 18.4 Å². The van der Waals surface area contributed by atoms with Gasteiger partial charge in [0.2, 0.25) is 0 Å². The molecular formula is C25H32F3N3O2. The van der Waals surface area contributed by atoms with Crippen molar-refractivity contribution in [2.45, 2.75) is 50.5 Å². The Morgan fingerprint density at radius 2 is 1.67 bits per heavy atom. The fourth-order valence-electron chi connectivity index (χ4n) is 5.39. The Morgan fingerprint density at radius 3 is 2.18 bits per heavy atom. The predicted molar refractivity (Wildman–Crippen MR) is 121 cm³/mol. The highest BCUT2D eigenvalue weighted by Gasteiger charge is 2.58. The molecule has 0 aliphatic carbocycles. The summed E-state index contributed by atoms with van der Waals surface area (Å²) < 4.78 is 40.0. The first-order valence-corrected chi connectivity index (χ1v) is 11.3. The summed E-state index contributed by atoms with van der Waals surface area (Å²) in [5.41, 5.74) is -1.73. The number of aromatic nitrogens is 1. The molecule has 1 aromatic heterocycles. The average molecular weight is 464 g/mol. The summed E-state index contributed by atoms with van der Waals surface area (Å²) in [6, 6.07) is 9.61. The SMILES string of the molecule is CC(C)c1ccc(C(O)(c2cncc(N3CCC(O)(C(F)(F)F)C3)c2)C2(C)CN(C)C2)cc1. The average Bonchev–Trinajstić information content (AvgIpc) is 3.16. The van der Waals surface area contributed by atoms with Crippen LogP contribution in [0, 0.1) is 5.41 Å². The maximum absolute atomic E-state index is 13.3. The standard InChI is InChI=1S/C25H32F3N3O2/c1-17(2)18-5-7-19(8-6-18)24(33,22(3)14-30(4)15-22)20-11-21(13-29-12-20)31-10-9-23(32,16-31)25(26,27)28/h5-8,11-13,17,32-33H,9-10,14-16H2,1-4H3. The van der Waals surface area contributed by atoms with E-state index in [0.29, 0.717) is 30.3 Å². The molecule has 2 atom stereocenters. The molecule has 0 spiro atoms. The van der Waals surface area contributed by atoms with Crippen molar-refractivity contribution in [1.29, 1.82) is 0 Å². The number of likely N-dealkylation sites (tertiary alicyclic amines) is 1. The molecule has 2 unspecified atom stereocenters. The number of hydrogen-bond acceptors (Lipinski definition) is 5. The minimum Gasteiger partial charge on any atom is -0.380 e. The van der Waals surface area contributed by atoms with E-state index < -0.39 is 35.8 Å². The molecule has 2 aliphatic rings. The summed E-state index contributed by atoms with van der Waals surface area (Å²) >= 11 is 0. The van der Waals surface area contributed by atoms with E-state index in [1.807, 2.05) is 38.2 Å². The summed E-state index contributed by atoms with van der Waals surface area (Å²) in [4.78, 5) is 7.90. The van der Waals surface area contributed by atoms with Crippen LogP contribution in [-0.4, -0.2) is 65.1 Å². The van der Waals surface area contributed by atoms with Gasteiger partial charge in [-0.3, -0.25) is 4.98 Å². The lowest BCUT2D eigenvalue weighted by molar-refractivity contribution is -0.250. The van der Waals surface area contributed by atoms with E-state index in [1.165, 1.54) is 11.1 Å². The minimum absolute atomic E-state index is 0.0582. The molecule has 0 bridgehead atoms. The van der Waals surface area contributed by atoms with Gasteiger partial charge in [0, 0.05) is 43.2 Å². The Balaban J connectivity index is 1.74. The van der Waals surface area contributed by atoms with Crippen molar-refractivity contribution < 1.29 is 23.4 Å². The summed E-state index contributed by atoms with van der Waals surface area (Å²) in [5.74, 6) is 0.352. The van der Waals surface area contributed by atoms with Gasteiger partial charge in [-0.2, -0.15) is 13.2 Å².